The summed E-state index contributed by atoms with van der Waals surface area (Å²) in [5, 5.41) is 0. The molecule has 2 aliphatic rings. The maximum atomic E-state index is 12.8. The van der Waals surface area contributed by atoms with Crippen LogP contribution in [-0.2, 0) is 17.6 Å². The van der Waals surface area contributed by atoms with Crippen molar-refractivity contribution < 1.29 is 19.1 Å². The van der Waals surface area contributed by atoms with E-state index in [1.165, 1.54) is 28.9 Å². The van der Waals surface area contributed by atoms with E-state index in [1.54, 1.807) is 32.2 Å². The number of ether oxygens (including phenoxy) is 2. The van der Waals surface area contributed by atoms with E-state index in [9.17, 15) is 9.59 Å². The van der Waals surface area contributed by atoms with Gasteiger partial charge in [0.25, 0.3) is 5.91 Å². The van der Waals surface area contributed by atoms with Crippen LogP contribution in [0.3, 0.4) is 0 Å². The normalized spacial score (nSPS) is 16.8. The summed E-state index contributed by atoms with van der Waals surface area (Å²) in [6.45, 7) is 1.78. The quantitative estimate of drug-likeness (QED) is 0.778. The number of carbonyl (C=O) groups is 2. The van der Waals surface area contributed by atoms with Gasteiger partial charge in [0.2, 0.25) is 5.78 Å². The van der Waals surface area contributed by atoms with Gasteiger partial charge < -0.3 is 14.4 Å². The van der Waals surface area contributed by atoms with Crippen LogP contribution in [0.25, 0.3) is 0 Å². The Morgan fingerprint density at radius 2 is 1.89 bits per heavy atom. The molecule has 0 aromatic heterocycles. The molecule has 4 rings (SSSR count). The molecule has 0 saturated heterocycles. The summed E-state index contributed by atoms with van der Waals surface area (Å²) in [7, 11) is 1.69. The number of amides is 1. The summed E-state index contributed by atoms with van der Waals surface area (Å²) in [5.41, 5.74) is 3.82. The average molecular weight is 365 g/mol. The van der Waals surface area contributed by atoms with Gasteiger partial charge in [-0.25, -0.2) is 0 Å². The lowest BCUT2D eigenvalue weighted by atomic mass is 9.92. The van der Waals surface area contributed by atoms with Crippen molar-refractivity contribution in [3.8, 4) is 11.5 Å². The monoisotopic (exact) mass is 365 g/mol. The zero-order valence-electron chi connectivity index (χ0n) is 15.7. The lowest BCUT2D eigenvalue weighted by Crippen LogP contribution is -2.35. The number of likely N-dealkylation sites (N-methyl/N-ethyl adjacent to an activating group) is 1. The predicted molar refractivity (Wildman–Crippen MR) is 103 cm³/mol. The first-order chi connectivity index (χ1) is 13.0. The van der Waals surface area contributed by atoms with Crippen molar-refractivity contribution in [3.05, 3.63) is 53.1 Å². The minimum atomic E-state index is -0.616. The maximum Gasteiger partial charge on any atom is 0.264 e. The highest BCUT2D eigenvalue weighted by atomic mass is 16.5. The minimum Gasteiger partial charge on any atom is -0.483 e. The number of Topliss-reactive ketones (excluding diaryl/α,β-unsaturated/α-hetero) is 1. The maximum absolute atomic E-state index is 12.8. The predicted octanol–water partition coefficient (Wildman–Crippen LogP) is 3.57. The van der Waals surface area contributed by atoms with E-state index >= 15 is 0 Å². The molecule has 1 amide bonds. The summed E-state index contributed by atoms with van der Waals surface area (Å²) in [4.78, 5) is 26.2. The van der Waals surface area contributed by atoms with E-state index in [0.29, 0.717) is 17.0 Å². The number of nitrogens with zero attached hydrogens (tertiary/aromatic N) is 1. The topological polar surface area (TPSA) is 55.8 Å². The molecular weight excluding hydrogens is 342 g/mol. The summed E-state index contributed by atoms with van der Waals surface area (Å²) >= 11 is 0. The second-order valence-electron chi connectivity index (χ2n) is 7.19. The number of aryl methyl sites for hydroxylation is 2. The number of fused-ring (bicyclic) bond motifs is 2. The van der Waals surface area contributed by atoms with Crippen molar-refractivity contribution >= 4 is 17.4 Å². The van der Waals surface area contributed by atoms with Gasteiger partial charge in [0.05, 0.1) is 5.69 Å². The Hall–Kier alpha value is -2.82. The van der Waals surface area contributed by atoms with Crippen LogP contribution >= 0.6 is 0 Å². The Kier molecular flexibility index (Phi) is 4.60. The van der Waals surface area contributed by atoms with Crippen molar-refractivity contribution in [2.75, 3.05) is 18.6 Å². The van der Waals surface area contributed by atoms with E-state index in [1.807, 2.05) is 6.07 Å². The third-order valence-electron chi connectivity index (χ3n) is 5.33. The van der Waals surface area contributed by atoms with Crippen molar-refractivity contribution in [1.29, 1.82) is 0 Å². The highest BCUT2D eigenvalue weighted by Gasteiger charge is 2.25. The number of hydrogen-bond acceptors (Lipinski definition) is 4. The Morgan fingerprint density at radius 1 is 1.11 bits per heavy atom. The number of carbonyl (C=O) groups excluding carboxylic acids is 2. The third-order valence-corrected chi connectivity index (χ3v) is 5.33. The molecule has 140 valence electrons. The molecule has 0 spiro atoms. The SMILES string of the molecule is CC(Oc1ccc2c(c1)CCCC2)C(=O)c1ccc2c(c1)N(C)C(=O)CO2. The molecule has 5 heteroatoms. The minimum absolute atomic E-state index is 0.0225. The molecule has 2 aromatic carbocycles. The molecule has 1 aliphatic heterocycles. The van der Waals surface area contributed by atoms with Gasteiger partial charge in [0.15, 0.2) is 12.7 Å². The van der Waals surface area contributed by atoms with Crippen LogP contribution in [-0.4, -0.2) is 31.4 Å². The summed E-state index contributed by atoms with van der Waals surface area (Å²) < 4.78 is 11.3. The highest BCUT2D eigenvalue weighted by Crippen LogP contribution is 2.32. The van der Waals surface area contributed by atoms with Crippen LogP contribution in [0, 0.1) is 0 Å². The van der Waals surface area contributed by atoms with Gasteiger partial charge in [-0.15, -0.1) is 0 Å². The molecule has 0 radical (unpaired) electrons. The van der Waals surface area contributed by atoms with Crippen LogP contribution in [0.1, 0.15) is 41.3 Å². The van der Waals surface area contributed by atoms with Crippen LogP contribution in [0.15, 0.2) is 36.4 Å². The Balaban J connectivity index is 1.52. The van der Waals surface area contributed by atoms with E-state index < -0.39 is 6.10 Å². The number of ketones is 1. The fourth-order valence-corrected chi connectivity index (χ4v) is 3.70. The second kappa shape index (κ2) is 7.06. The lowest BCUT2D eigenvalue weighted by Gasteiger charge is -2.26. The van der Waals surface area contributed by atoms with Crippen LogP contribution < -0.4 is 14.4 Å². The smallest absolute Gasteiger partial charge is 0.264 e. The van der Waals surface area contributed by atoms with Gasteiger partial charge in [-0.05, 0) is 74.1 Å². The van der Waals surface area contributed by atoms with Gasteiger partial charge in [-0.3, -0.25) is 9.59 Å². The van der Waals surface area contributed by atoms with Gasteiger partial charge >= 0.3 is 0 Å². The van der Waals surface area contributed by atoms with Crippen LogP contribution in [0.4, 0.5) is 5.69 Å². The number of hydrogen-bond donors (Lipinski definition) is 0. The molecule has 0 fully saturated rings. The molecule has 27 heavy (non-hydrogen) atoms. The number of benzene rings is 2. The first kappa shape index (κ1) is 17.6. The van der Waals surface area contributed by atoms with Gasteiger partial charge in [0.1, 0.15) is 11.5 Å². The molecule has 5 nitrogen and oxygen atoms in total. The van der Waals surface area contributed by atoms with Gasteiger partial charge in [-0.1, -0.05) is 6.07 Å². The van der Waals surface area contributed by atoms with Crippen LogP contribution in [0.2, 0.25) is 0 Å². The van der Waals surface area contributed by atoms with E-state index in [-0.39, 0.29) is 18.3 Å². The highest BCUT2D eigenvalue weighted by molar-refractivity contribution is 6.03. The molecule has 0 bridgehead atoms. The number of rotatable bonds is 4. The van der Waals surface area contributed by atoms with Gasteiger partial charge in [0, 0.05) is 12.6 Å². The van der Waals surface area contributed by atoms with Crippen molar-refractivity contribution in [2.24, 2.45) is 0 Å². The fraction of sp³-hybridized carbons (Fsp3) is 0.364. The van der Waals surface area contributed by atoms with Gasteiger partial charge in [-0.2, -0.15) is 0 Å². The Labute approximate surface area is 158 Å². The van der Waals surface area contributed by atoms with Crippen LogP contribution in [0.5, 0.6) is 11.5 Å². The molecule has 1 unspecified atom stereocenters. The third kappa shape index (κ3) is 3.42. The second-order valence-corrected chi connectivity index (χ2v) is 7.19. The Morgan fingerprint density at radius 3 is 2.70 bits per heavy atom. The molecule has 1 atom stereocenters. The van der Waals surface area contributed by atoms with E-state index in [0.717, 1.165) is 18.6 Å². The summed E-state index contributed by atoms with van der Waals surface area (Å²) in [5.74, 6) is 1.08. The number of anilines is 1. The zero-order chi connectivity index (χ0) is 19.0. The summed E-state index contributed by atoms with van der Waals surface area (Å²) in [6.07, 6.45) is 4.01. The standard InChI is InChI=1S/C22H23NO4/c1-14(27-18-9-7-15-5-3-4-6-16(15)11-18)22(25)17-8-10-20-19(12-17)23(2)21(24)13-26-20/h7-12,14H,3-6,13H2,1-2H3. The first-order valence-electron chi connectivity index (χ1n) is 9.39. The average Bonchev–Trinajstić information content (AvgIpc) is 2.70. The molecule has 0 N–H and O–H groups in total. The van der Waals surface area contributed by atoms with E-state index in [2.05, 4.69) is 12.1 Å². The van der Waals surface area contributed by atoms with Crippen molar-refractivity contribution in [2.45, 2.75) is 38.7 Å². The molecule has 1 heterocycles. The fourth-order valence-electron chi connectivity index (χ4n) is 3.70. The molecular formula is C22H23NO4. The molecule has 0 saturated carbocycles. The zero-order valence-corrected chi connectivity index (χ0v) is 15.7. The first-order valence-corrected chi connectivity index (χ1v) is 9.39. The van der Waals surface area contributed by atoms with Crippen molar-refractivity contribution in [3.63, 3.8) is 0 Å². The molecule has 2 aromatic rings. The Bertz CT molecular complexity index is 905. The molecule has 1 aliphatic carbocycles. The van der Waals surface area contributed by atoms with Crippen molar-refractivity contribution in [1.82, 2.24) is 0 Å². The summed E-state index contributed by atoms with van der Waals surface area (Å²) in [6, 6.07) is 11.3. The largest absolute Gasteiger partial charge is 0.483 e. The lowest BCUT2D eigenvalue weighted by molar-refractivity contribution is -0.120. The van der Waals surface area contributed by atoms with E-state index in [4.69, 9.17) is 9.47 Å².